The third-order valence-electron chi connectivity index (χ3n) is 4.61. The van der Waals surface area contributed by atoms with E-state index in [0.717, 1.165) is 24.1 Å². The number of aromatic nitrogens is 2. The van der Waals surface area contributed by atoms with Crippen LogP contribution in [0.1, 0.15) is 54.6 Å². The molecule has 132 valence electrons. The maximum absolute atomic E-state index is 12.3. The van der Waals surface area contributed by atoms with Gasteiger partial charge in [-0.3, -0.25) is 4.79 Å². The summed E-state index contributed by atoms with van der Waals surface area (Å²) in [5, 5.41) is 6.95. The highest BCUT2D eigenvalue weighted by molar-refractivity contribution is 6.31. The number of amides is 1. The highest BCUT2D eigenvalue weighted by Gasteiger charge is 2.16. The van der Waals surface area contributed by atoms with E-state index in [9.17, 15) is 4.79 Å². The molecule has 1 aliphatic rings. The van der Waals surface area contributed by atoms with E-state index in [1.165, 1.54) is 31.9 Å². The molecule has 0 atom stereocenters. The first kappa shape index (κ1) is 17.7. The summed E-state index contributed by atoms with van der Waals surface area (Å²) in [7, 11) is 0. The van der Waals surface area contributed by atoms with Crippen LogP contribution in [0, 0.1) is 6.92 Å². The first-order valence-corrected chi connectivity index (χ1v) is 9.16. The molecular weight excluding hydrogens is 336 g/mol. The Morgan fingerprint density at radius 2 is 1.88 bits per heavy atom. The first-order valence-electron chi connectivity index (χ1n) is 8.78. The zero-order valence-corrected chi connectivity index (χ0v) is 15.1. The van der Waals surface area contributed by atoms with Crippen molar-refractivity contribution in [3.8, 4) is 0 Å². The average Bonchev–Trinajstić information content (AvgIpc) is 2.88. The number of halogens is 1. The largest absolute Gasteiger partial charge is 0.348 e. The van der Waals surface area contributed by atoms with E-state index in [1.54, 1.807) is 6.20 Å². The third-order valence-corrected chi connectivity index (χ3v) is 5.01. The summed E-state index contributed by atoms with van der Waals surface area (Å²) in [6.45, 7) is 1.94. The van der Waals surface area contributed by atoms with E-state index in [0.29, 0.717) is 16.5 Å². The summed E-state index contributed by atoms with van der Waals surface area (Å²) in [5.74, 6) is 0.432. The lowest BCUT2D eigenvalue weighted by Gasteiger charge is -2.15. The topological polar surface area (TPSA) is 66.9 Å². The highest BCUT2D eigenvalue weighted by atomic mass is 35.5. The molecule has 0 bridgehead atoms. The molecule has 25 heavy (non-hydrogen) atoms. The van der Waals surface area contributed by atoms with Gasteiger partial charge in [0.15, 0.2) is 0 Å². The molecule has 1 aliphatic carbocycles. The normalized spacial score (nSPS) is 15.4. The van der Waals surface area contributed by atoms with Gasteiger partial charge in [0.25, 0.3) is 5.91 Å². The third kappa shape index (κ3) is 4.69. The fraction of sp³-hybridized carbons (Fsp3) is 0.421. The molecule has 1 aromatic carbocycles. The Balaban J connectivity index is 1.63. The van der Waals surface area contributed by atoms with Gasteiger partial charge < -0.3 is 10.6 Å². The number of carbonyl (C=O) groups excluding carboxylic acids is 1. The Labute approximate surface area is 153 Å². The molecule has 6 heteroatoms. The molecule has 5 nitrogen and oxygen atoms in total. The van der Waals surface area contributed by atoms with Gasteiger partial charge in [-0.15, -0.1) is 0 Å². The van der Waals surface area contributed by atoms with E-state index in [2.05, 4.69) is 20.6 Å². The first-order chi connectivity index (χ1) is 12.1. The Morgan fingerprint density at radius 3 is 2.56 bits per heavy atom. The van der Waals surface area contributed by atoms with Gasteiger partial charge in [0.2, 0.25) is 0 Å². The van der Waals surface area contributed by atoms with E-state index < -0.39 is 0 Å². The van der Waals surface area contributed by atoms with Crippen molar-refractivity contribution in [3.63, 3.8) is 0 Å². The molecule has 1 heterocycles. The SMILES string of the molecule is Cc1c(Cl)cccc1Nc1cnc(C(=O)NC2CCCCCC2)cn1. The van der Waals surface area contributed by atoms with E-state index in [1.807, 2.05) is 25.1 Å². The van der Waals surface area contributed by atoms with Crippen molar-refractivity contribution in [2.75, 3.05) is 5.32 Å². The van der Waals surface area contributed by atoms with Gasteiger partial charge in [-0.1, -0.05) is 43.4 Å². The Hall–Kier alpha value is -2.14. The Kier molecular flexibility index (Phi) is 5.87. The molecule has 2 aromatic rings. The minimum absolute atomic E-state index is 0.148. The molecule has 0 radical (unpaired) electrons. The van der Waals surface area contributed by atoms with Crippen LogP contribution in [0.15, 0.2) is 30.6 Å². The van der Waals surface area contributed by atoms with Crippen LogP contribution in [-0.2, 0) is 0 Å². The van der Waals surface area contributed by atoms with Gasteiger partial charge in [-0.05, 0) is 37.5 Å². The molecule has 1 aromatic heterocycles. The molecule has 2 N–H and O–H groups in total. The minimum Gasteiger partial charge on any atom is -0.348 e. The second kappa shape index (κ2) is 8.30. The number of benzene rings is 1. The van der Waals surface area contributed by atoms with Crippen LogP contribution in [0.2, 0.25) is 5.02 Å². The predicted octanol–water partition coefficient (Wildman–Crippen LogP) is 4.63. The quantitative estimate of drug-likeness (QED) is 0.781. The summed E-state index contributed by atoms with van der Waals surface area (Å²) in [6.07, 6.45) is 10.1. The van der Waals surface area contributed by atoms with Gasteiger partial charge in [0, 0.05) is 16.8 Å². The summed E-state index contributed by atoms with van der Waals surface area (Å²) >= 11 is 6.12. The van der Waals surface area contributed by atoms with Gasteiger partial charge in [0.05, 0.1) is 12.4 Å². The van der Waals surface area contributed by atoms with Crippen molar-refractivity contribution in [3.05, 3.63) is 46.9 Å². The maximum atomic E-state index is 12.3. The Bertz CT molecular complexity index is 725. The maximum Gasteiger partial charge on any atom is 0.271 e. The van der Waals surface area contributed by atoms with Crippen LogP contribution in [0.25, 0.3) is 0 Å². The van der Waals surface area contributed by atoms with E-state index >= 15 is 0 Å². The van der Waals surface area contributed by atoms with Crippen molar-refractivity contribution in [2.45, 2.75) is 51.5 Å². The average molecular weight is 359 g/mol. The standard InChI is InChI=1S/C19H23ClN4O/c1-13-15(20)9-6-10-16(13)24-18-12-21-17(11-22-18)19(25)23-14-7-4-2-3-5-8-14/h6,9-12,14H,2-5,7-8H2,1H3,(H,22,24)(H,23,25). The van der Waals surface area contributed by atoms with Gasteiger partial charge >= 0.3 is 0 Å². The van der Waals surface area contributed by atoms with Crippen LogP contribution in [0.3, 0.4) is 0 Å². The van der Waals surface area contributed by atoms with Crippen LogP contribution in [0.4, 0.5) is 11.5 Å². The minimum atomic E-state index is -0.148. The molecule has 3 rings (SSSR count). The second-order valence-corrected chi connectivity index (χ2v) is 6.89. The zero-order valence-electron chi connectivity index (χ0n) is 14.4. The van der Waals surface area contributed by atoms with E-state index in [-0.39, 0.29) is 11.9 Å². The summed E-state index contributed by atoms with van der Waals surface area (Å²) in [6, 6.07) is 5.90. The van der Waals surface area contributed by atoms with Crippen molar-refractivity contribution in [1.29, 1.82) is 0 Å². The van der Waals surface area contributed by atoms with Gasteiger partial charge in [-0.2, -0.15) is 0 Å². The van der Waals surface area contributed by atoms with Crippen LogP contribution >= 0.6 is 11.6 Å². The molecule has 0 aliphatic heterocycles. The predicted molar refractivity (Wildman–Crippen MR) is 100 cm³/mol. The van der Waals surface area contributed by atoms with Crippen molar-refractivity contribution in [1.82, 2.24) is 15.3 Å². The number of nitrogens with zero attached hydrogens (tertiary/aromatic N) is 2. The number of rotatable bonds is 4. The van der Waals surface area contributed by atoms with Crippen LogP contribution in [0.5, 0.6) is 0 Å². The molecule has 0 unspecified atom stereocenters. The molecule has 1 fully saturated rings. The van der Waals surface area contributed by atoms with Crippen molar-refractivity contribution < 1.29 is 4.79 Å². The van der Waals surface area contributed by atoms with Crippen molar-refractivity contribution >= 4 is 29.0 Å². The summed E-state index contributed by atoms with van der Waals surface area (Å²) in [4.78, 5) is 20.9. The fourth-order valence-electron chi connectivity index (χ4n) is 3.07. The van der Waals surface area contributed by atoms with E-state index in [4.69, 9.17) is 11.6 Å². The van der Waals surface area contributed by atoms with Crippen LogP contribution in [-0.4, -0.2) is 21.9 Å². The lowest BCUT2D eigenvalue weighted by atomic mass is 10.1. The zero-order chi connectivity index (χ0) is 17.6. The second-order valence-electron chi connectivity index (χ2n) is 6.49. The lowest BCUT2D eigenvalue weighted by Crippen LogP contribution is -2.34. The number of anilines is 2. The van der Waals surface area contributed by atoms with Crippen molar-refractivity contribution in [2.24, 2.45) is 0 Å². The molecular formula is C19H23ClN4O. The van der Waals surface area contributed by atoms with Gasteiger partial charge in [0.1, 0.15) is 11.5 Å². The monoisotopic (exact) mass is 358 g/mol. The summed E-state index contributed by atoms with van der Waals surface area (Å²) in [5.41, 5.74) is 2.16. The summed E-state index contributed by atoms with van der Waals surface area (Å²) < 4.78 is 0. The highest BCUT2D eigenvalue weighted by Crippen LogP contribution is 2.25. The molecule has 0 saturated heterocycles. The molecule has 1 saturated carbocycles. The number of carbonyl (C=O) groups is 1. The fourth-order valence-corrected chi connectivity index (χ4v) is 3.25. The number of hydrogen-bond donors (Lipinski definition) is 2. The molecule has 0 spiro atoms. The number of hydrogen-bond acceptors (Lipinski definition) is 4. The lowest BCUT2D eigenvalue weighted by molar-refractivity contribution is 0.0928. The van der Waals surface area contributed by atoms with Crippen LogP contribution < -0.4 is 10.6 Å². The Morgan fingerprint density at radius 1 is 1.12 bits per heavy atom. The number of nitrogens with one attached hydrogen (secondary N) is 2. The molecule has 1 amide bonds. The smallest absolute Gasteiger partial charge is 0.271 e. The van der Waals surface area contributed by atoms with Gasteiger partial charge in [-0.25, -0.2) is 9.97 Å².